The smallest absolute Gasteiger partial charge is 0.0594 e. The Balaban J connectivity index is 0.000000161. The summed E-state index contributed by atoms with van der Waals surface area (Å²) >= 11 is 0. The Labute approximate surface area is 898 Å². The molecule has 10 saturated carbocycles. The lowest BCUT2D eigenvalue weighted by molar-refractivity contribution is -0.0962. The number of hydrogen-bond donors (Lipinski definition) is 4. The summed E-state index contributed by atoms with van der Waals surface area (Å²) in [4.78, 5) is 0. The van der Waals surface area contributed by atoms with E-state index in [-0.39, 0.29) is 29.8 Å². The first-order chi connectivity index (χ1) is 68.3. The Hall–Kier alpha value is -3.54. The molecule has 30 atom stereocenters. The van der Waals surface area contributed by atoms with Crippen molar-refractivity contribution in [3.8, 4) is 0 Å². The molecule has 0 aromatic heterocycles. The zero-order valence-corrected chi connectivity index (χ0v) is 101. The van der Waals surface area contributed by atoms with Gasteiger partial charge in [-0.15, -0.1) is 0 Å². The minimum Gasteiger partial charge on any atom is -0.393 e. The molecule has 0 spiro atoms. The quantitative estimate of drug-likeness (QED) is 0.0400. The standard InChI is InChI=1S/C30H50O.C30H50.C27H46O.2C27H44O/c1-20(2)10-9-11-21(3)22-14-18-30(8)24-12-13-25-27(4,5)26(31)16-17-28(25,6)23(24)15-19-29(22,30)7;1-25(2)15-11-19-29(7)23-13-21-27(5)17-9-10-18-28(6)22-14-24-30(8)20-12-16-26(3)4;3*1-18(2)7-6-8-19(3)23-11-12-24-22-10-9-20-17-21(28)13-15-26(20,4)25(22)14-16-27(23,24)5/h10,21-22,25-26,31H,9,11-19H2,1-8H3;15-18,23-24H,9-14,19-22H2,1-8H3;9,18-19,21-25,28H,6-8,10-17H2,1-5H3;7,19-21,23-24,28H,6,8-17H2,1-5H3;7,9,19,21-25,28H,6,8,10-17H2,1-5H3/b;27-17+,28-18+,29-23+,30-24+;;;/t21-,22-,25+,26+,28-,29-,30+;;19-,21+,22+,23-,24+,25+,26+,27-;19-,20+,21+,23-,24+,26+,27-;19-,21+,22+,23-,24+,25+,26+,27-/m1.111/s1. The van der Waals surface area contributed by atoms with Gasteiger partial charge in [0.15, 0.2) is 0 Å². The van der Waals surface area contributed by atoms with E-state index in [2.05, 4.69) is 281 Å². The molecule has 145 heavy (non-hydrogen) atoms. The third-order valence-electron chi connectivity index (χ3n) is 47.2. The molecule has 0 aliphatic heterocycles. The fourth-order valence-electron chi connectivity index (χ4n) is 38.2. The maximum Gasteiger partial charge on any atom is 0.0594 e. The topological polar surface area (TPSA) is 80.9 Å². The highest BCUT2D eigenvalue weighted by Crippen LogP contribution is 2.75. The number of allylic oxidation sites excluding steroid dienone is 24. The molecule has 0 heterocycles. The molecular formula is C141H234O4. The summed E-state index contributed by atoms with van der Waals surface area (Å²) in [5.74, 6) is 15.6. The molecule has 0 saturated heterocycles. The van der Waals surface area contributed by atoms with E-state index in [9.17, 15) is 20.4 Å². The van der Waals surface area contributed by atoms with E-state index in [1.54, 1.807) is 11.1 Å². The molecule has 10 fully saturated rings. The van der Waals surface area contributed by atoms with Crippen molar-refractivity contribution in [1.29, 1.82) is 0 Å². The van der Waals surface area contributed by atoms with E-state index in [1.807, 2.05) is 22.3 Å². The van der Waals surface area contributed by atoms with Crippen LogP contribution in [0.3, 0.4) is 0 Å². The van der Waals surface area contributed by atoms with Crippen LogP contribution in [-0.4, -0.2) is 44.8 Å². The predicted octanol–water partition coefficient (Wildman–Crippen LogP) is 41.2. The van der Waals surface area contributed by atoms with Gasteiger partial charge in [-0.05, 0) is 572 Å². The first-order valence-corrected chi connectivity index (χ1v) is 62.7. The van der Waals surface area contributed by atoms with Crippen LogP contribution in [0.1, 0.15) is 549 Å². The van der Waals surface area contributed by atoms with Gasteiger partial charge in [0.1, 0.15) is 0 Å². The molecule has 16 rings (SSSR count). The van der Waals surface area contributed by atoms with E-state index in [4.69, 9.17) is 0 Å². The number of aliphatic hydroxyl groups is 4. The molecule has 4 N–H and O–H groups in total. The van der Waals surface area contributed by atoms with Gasteiger partial charge >= 0.3 is 0 Å². The Morgan fingerprint density at radius 1 is 0.324 bits per heavy atom. The minimum absolute atomic E-state index is 0.0356. The van der Waals surface area contributed by atoms with Crippen LogP contribution in [0.5, 0.6) is 0 Å². The molecule has 16 aliphatic carbocycles. The normalized spacial score (nSPS) is 38.7. The summed E-state index contributed by atoms with van der Waals surface area (Å²) in [6.45, 7) is 74.5. The van der Waals surface area contributed by atoms with Crippen LogP contribution in [0.25, 0.3) is 0 Å². The lowest BCUT2D eigenvalue weighted by atomic mass is 9.43. The molecule has 0 amide bonds. The van der Waals surface area contributed by atoms with Gasteiger partial charge < -0.3 is 20.4 Å². The van der Waals surface area contributed by atoms with E-state index >= 15 is 0 Å². The lowest BCUT2D eigenvalue weighted by Crippen LogP contribution is -2.55. The molecule has 4 heteroatoms. The Bertz CT molecular complexity index is 4570. The van der Waals surface area contributed by atoms with Crippen molar-refractivity contribution < 1.29 is 20.4 Å². The first-order valence-electron chi connectivity index (χ1n) is 62.7. The van der Waals surface area contributed by atoms with Crippen LogP contribution in [0, 0.1) is 161 Å². The molecule has 0 unspecified atom stereocenters. The number of aliphatic hydroxyl groups excluding tert-OH is 4. The summed E-state index contributed by atoms with van der Waals surface area (Å²) in [6, 6.07) is 0. The van der Waals surface area contributed by atoms with E-state index in [0.717, 1.165) is 146 Å². The van der Waals surface area contributed by atoms with Crippen LogP contribution in [0.2, 0.25) is 0 Å². The molecular weight excluding hydrogens is 1760 g/mol. The van der Waals surface area contributed by atoms with Crippen molar-refractivity contribution in [1.82, 2.24) is 0 Å². The Morgan fingerprint density at radius 2 is 0.731 bits per heavy atom. The molecule has 0 aromatic rings. The maximum atomic E-state index is 10.8. The van der Waals surface area contributed by atoms with Crippen molar-refractivity contribution in [2.45, 2.75) is 573 Å². The molecule has 0 aromatic carbocycles. The highest BCUT2D eigenvalue weighted by Gasteiger charge is 2.66. The van der Waals surface area contributed by atoms with Crippen LogP contribution in [0.4, 0.5) is 0 Å². The van der Waals surface area contributed by atoms with Gasteiger partial charge in [-0.3, -0.25) is 0 Å². The average molecular weight is 1990 g/mol. The lowest BCUT2D eigenvalue weighted by Gasteiger charge is -2.62. The fourth-order valence-corrected chi connectivity index (χ4v) is 38.2. The highest BCUT2D eigenvalue weighted by atomic mass is 16.3. The fraction of sp³-hybridized carbons (Fsp3) is 0.816. The number of fused-ring (bicyclic) bond motifs is 18. The second kappa shape index (κ2) is 51.4. The van der Waals surface area contributed by atoms with Gasteiger partial charge in [0, 0.05) is 0 Å². The van der Waals surface area contributed by atoms with Crippen LogP contribution >= 0.6 is 0 Å². The maximum absolute atomic E-state index is 10.8. The summed E-state index contributed by atoms with van der Waals surface area (Å²) in [7, 11) is 0. The van der Waals surface area contributed by atoms with Gasteiger partial charge in [-0.1, -0.05) is 287 Å². The van der Waals surface area contributed by atoms with Crippen LogP contribution in [-0.2, 0) is 0 Å². The van der Waals surface area contributed by atoms with Crippen molar-refractivity contribution >= 4 is 0 Å². The highest BCUT2D eigenvalue weighted by molar-refractivity contribution is 5.40. The van der Waals surface area contributed by atoms with Gasteiger partial charge in [-0.25, -0.2) is 0 Å². The average Bonchev–Trinajstić information content (AvgIpc) is 1.56. The minimum atomic E-state index is -0.130. The summed E-state index contributed by atoms with van der Waals surface area (Å²) in [6.07, 6.45) is 93.1. The van der Waals surface area contributed by atoms with E-state index in [0.29, 0.717) is 54.7 Å². The first kappa shape index (κ1) is 120. The van der Waals surface area contributed by atoms with Crippen LogP contribution in [0.15, 0.2) is 150 Å². The zero-order chi connectivity index (χ0) is 106. The van der Waals surface area contributed by atoms with Crippen molar-refractivity contribution in [2.24, 2.45) is 161 Å². The molecule has 4 nitrogen and oxygen atoms in total. The Kier molecular flexibility index (Phi) is 42.6. The SMILES string of the molecule is CC(C)=CCC/C(C)=C/CC/C(C)=C/CC/C=C(\C)CC/C=C(\C)CCC=C(C)C.CC(C)=CCC[C@@H](C)[C@H]1CC[C@@]2(C)C3=C(CC[C@]12C)[C@@]1(C)CC[C@H](O)C(C)(C)[C@@H]1CC3.CC(C)=CCC[C@@H](C)[C@H]1CC[C@H]2C3=C(CC[C@]12C)[C@@]1(C)CC[C@H](O)C[C@@H]1CC3.CC(C)=CCC[C@@H](C)[C@H]1CC[C@H]2[C@@H]3CC=C4C[C@@H](O)CC[C@]4(C)[C@H]3CC[C@]12C.CC(C)CCC[C@@H](C)[C@H]1CC[C@H]2[C@@H]3CC=C4C[C@@H](O)CC[C@]4(C)[C@H]3CC[C@]12C. The van der Waals surface area contributed by atoms with Gasteiger partial charge in [0.25, 0.3) is 0 Å². The van der Waals surface area contributed by atoms with Crippen molar-refractivity contribution in [2.75, 3.05) is 0 Å². The van der Waals surface area contributed by atoms with Crippen molar-refractivity contribution in [3.05, 3.63) is 150 Å². The third-order valence-corrected chi connectivity index (χ3v) is 47.2. The Morgan fingerprint density at radius 3 is 1.20 bits per heavy atom. The van der Waals surface area contributed by atoms with Crippen molar-refractivity contribution in [3.63, 3.8) is 0 Å². The second-order valence-corrected chi connectivity index (χ2v) is 58.6. The number of hydrogen-bond acceptors (Lipinski definition) is 4. The molecule has 0 bridgehead atoms. The van der Waals surface area contributed by atoms with Gasteiger partial charge in [-0.2, -0.15) is 0 Å². The van der Waals surface area contributed by atoms with Crippen LogP contribution < -0.4 is 0 Å². The largest absolute Gasteiger partial charge is 0.393 e. The second-order valence-electron chi connectivity index (χ2n) is 58.6. The summed E-state index contributed by atoms with van der Waals surface area (Å²) < 4.78 is 0. The van der Waals surface area contributed by atoms with E-state index < -0.39 is 0 Å². The number of unbranched alkanes of at least 4 members (excludes halogenated alkanes) is 1. The summed E-state index contributed by atoms with van der Waals surface area (Å²) in [5.41, 5.74) is 28.2. The van der Waals surface area contributed by atoms with Gasteiger partial charge in [0.2, 0.25) is 0 Å². The molecule has 16 aliphatic rings. The predicted molar refractivity (Wildman–Crippen MR) is 630 cm³/mol. The monoisotopic (exact) mass is 1990 g/mol. The summed E-state index contributed by atoms with van der Waals surface area (Å²) in [5, 5.41) is 41.5. The number of rotatable bonds is 32. The zero-order valence-electron chi connectivity index (χ0n) is 101. The van der Waals surface area contributed by atoms with Gasteiger partial charge in [0.05, 0.1) is 24.4 Å². The molecule has 0 radical (unpaired) electrons. The third kappa shape index (κ3) is 27.4. The van der Waals surface area contributed by atoms with E-state index in [1.165, 1.54) is 339 Å². The molecule has 822 valence electrons.